The van der Waals surface area contributed by atoms with Crippen molar-refractivity contribution < 1.29 is 9.59 Å². The smallest absolute Gasteiger partial charge is 0.322 e. The van der Waals surface area contributed by atoms with Gasteiger partial charge in [-0.05, 0) is 6.92 Å². The fraction of sp³-hybridized carbons (Fsp3) is 0.400. The van der Waals surface area contributed by atoms with E-state index in [9.17, 15) is 9.59 Å². The van der Waals surface area contributed by atoms with E-state index in [1.807, 2.05) is 5.32 Å². The molecular weight excluding hydrogens is 152 g/mol. The lowest BCUT2D eigenvalue weighted by molar-refractivity contribution is -0.114. The van der Waals surface area contributed by atoms with Gasteiger partial charge in [-0.1, -0.05) is 12.2 Å². The van der Waals surface area contributed by atoms with E-state index >= 15 is 0 Å². The van der Waals surface area contributed by atoms with E-state index in [-0.39, 0.29) is 10.9 Å². The first-order valence-electron chi connectivity index (χ1n) is 2.77. The average Bonchev–Trinajstić information content (AvgIpc) is 1.82. The summed E-state index contributed by atoms with van der Waals surface area (Å²) in [5, 5.41) is 4.48. The Kier molecular flexibility index (Phi) is 1.67. The first-order chi connectivity index (χ1) is 4.61. The van der Waals surface area contributed by atoms with Gasteiger partial charge in [-0.2, -0.15) is 0 Å². The molecule has 1 rings (SSSR count). The third kappa shape index (κ3) is 1.13. The van der Waals surface area contributed by atoms with Crippen molar-refractivity contribution in [3.8, 4) is 0 Å². The molecule has 1 fully saturated rings. The lowest BCUT2D eigenvalue weighted by Gasteiger charge is -2.19. The molecule has 1 saturated heterocycles. The van der Waals surface area contributed by atoms with Crippen molar-refractivity contribution in [1.82, 2.24) is 10.6 Å². The van der Waals surface area contributed by atoms with Crippen molar-refractivity contribution in [2.45, 2.75) is 13.0 Å². The Balaban J connectivity index is 2.76. The maximum atomic E-state index is 10.7. The van der Waals surface area contributed by atoms with Crippen LogP contribution >= 0.6 is 12.2 Å². The Hall–Kier alpha value is -0.970. The molecule has 1 aliphatic rings. The number of nitrogens with one attached hydrogen (secondary N) is 2. The maximum absolute atomic E-state index is 10.7. The van der Waals surface area contributed by atoms with Gasteiger partial charge in [-0.25, -0.2) is 4.79 Å². The maximum Gasteiger partial charge on any atom is 0.322 e. The minimum Gasteiger partial charge on any atom is -0.330 e. The van der Waals surface area contributed by atoms with Gasteiger partial charge in [-0.3, -0.25) is 10.1 Å². The zero-order chi connectivity index (χ0) is 7.72. The van der Waals surface area contributed by atoms with Gasteiger partial charge in [0.15, 0.2) is 0 Å². The largest absolute Gasteiger partial charge is 0.330 e. The fourth-order valence-corrected chi connectivity index (χ4v) is 0.770. The zero-order valence-corrected chi connectivity index (χ0v) is 6.12. The van der Waals surface area contributed by atoms with Gasteiger partial charge in [0.1, 0.15) is 4.86 Å². The highest BCUT2D eigenvalue weighted by atomic mass is 32.1. The van der Waals surface area contributed by atoms with Gasteiger partial charge in [-0.15, -0.1) is 0 Å². The van der Waals surface area contributed by atoms with Crippen LogP contribution in [-0.4, -0.2) is 22.8 Å². The summed E-state index contributed by atoms with van der Waals surface area (Å²) >= 11 is 4.68. The molecule has 54 valence electrons. The van der Waals surface area contributed by atoms with E-state index in [0.29, 0.717) is 0 Å². The molecule has 1 heterocycles. The van der Waals surface area contributed by atoms with Crippen LogP contribution in [0.4, 0.5) is 4.79 Å². The summed E-state index contributed by atoms with van der Waals surface area (Å²) in [6.45, 7) is 1.67. The topological polar surface area (TPSA) is 58.2 Å². The van der Waals surface area contributed by atoms with Crippen LogP contribution in [0.25, 0.3) is 0 Å². The second kappa shape index (κ2) is 2.34. The lowest BCUT2D eigenvalue weighted by Crippen LogP contribution is -2.56. The van der Waals surface area contributed by atoms with E-state index in [2.05, 4.69) is 17.5 Å². The van der Waals surface area contributed by atoms with Gasteiger partial charge in [0.2, 0.25) is 0 Å². The number of imide groups is 1. The molecule has 0 aromatic heterocycles. The summed E-state index contributed by atoms with van der Waals surface area (Å²) in [5.74, 6) is -0.466. The zero-order valence-electron chi connectivity index (χ0n) is 5.30. The Morgan fingerprint density at radius 3 is 2.60 bits per heavy atom. The van der Waals surface area contributed by atoms with Crippen molar-refractivity contribution in [2.75, 3.05) is 0 Å². The molecule has 10 heavy (non-hydrogen) atoms. The number of thiocarbonyl (C=S) groups is 1. The Morgan fingerprint density at radius 1 is 1.50 bits per heavy atom. The third-order valence-electron chi connectivity index (χ3n) is 1.19. The summed E-state index contributed by atoms with van der Waals surface area (Å²) in [7, 11) is 0. The van der Waals surface area contributed by atoms with Crippen LogP contribution in [0, 0.1) is 0 Å². The SMILES string of the molecule is C[C@@H]1NC(=O)NC(=O)C1=S. The van der Waals surface area contributed by atoms with E-state index < -0.39 is 11.9 Å². The van der Waals surface area contributed by atoms with Gasteiger partial charge in [0, 0.05) is 0 Å². The van der Waals surface area contributed by atoms with Gasteiger partial charge in [0.05, 0.1) is 6.04 Å². The van der Waals surface area contributed by atoms with E-state index in [4.69, 9.17) is 0 Å². The molecule has 5 heteroatoms. The molecule has 0 bridgehead atoms. The van der Waals surface area contributed by atoms with E-state index in [1.54, 1.807) is 6.92 Å². The number of hydrogen-bond donors (Lipinski definition) is 2. The Bertz CT molecular complexity index is 214. The normalized spacial score (nSPS) is 25.7. The van der Waals surface area contributed by atoms with Crippen LogP contribution in [0.3, 0.4) is 0 Å². The van der Waals surface area contributed by atoms with Gasteiger partial charge >= 0.3 is 6.03 Å². The van der Waals surface area contributed by atoms with Gasteiger partial charge < -0.3 is 5.32 Å². The minimum absolute atomic E-state index is 0.222. The minimum atomic E-state index is -0.480. The van der Waals surface area contributed by atoms with Crippen LogP contribution in [0.5, 0.6) is 0 Å². The first kappa shape index (κ1) is 7.14. The summed E-state index contributed by atoms with van der Waals surface area (Å²) < 4.78 is 0. The van der Waals surface area contributed by atoms with E-state index in [1.165, 1.54) is 0 Å². The number of amides is 3. The predicted octanol–water partition coefficient (Wildman–Crippen LogP) is -0.416. The number of rotatable bonds is 0. The number of hydrogen-bond acceptors (Lipinski definition) is 3. The molecular formula is C5H6N2O2S. The highest BCUT2D eigenvalue weighted by Gasteiger charge is 2.25. The monoisotopic (exact) mass is 158 g/mol. The average molecular weight is 158 g/mol. The summed E-state index contributed by atoms with van der Waals surface area (Å²) in [5.41, 5.74) is 0. The highest BCUT2D eigenvalue weighted by Crippen LogP contribution is 1.93. The molecule has 0 spiro atoms. The van der Waals surface area contributed by atoms with Gasteiger partial charge in [0.25, 0.3) is 5.91 Å². The molecule has 0 aromatic carbocycles. The molecule has 4 nitrogen and oxygen atoms in total. The summed E-state index contributed by atoms with van der Waals surface area (Å²) in [6.07, 6.45) is 0. The van der Waals surface area contributed by atoms with Crippen molar-refractivity contribution >= 4 is 29.0 Å². The molecule has 2 N–H and O–H groups in total. The molecule has 0 saturated carbocycles. The molecule has 0 unspecified atom stereocenters. The van der Waals surface area contributed by atoms with Crippen LogP contribution < -0.4 is 10.6 Å². The molecule has 1 atom stereocenters. The quantitative estimate of drug-likeness (QED) is 0.471. The standard InChI is InChI=1S/C5H6N2O2S/c1-2-3(10)4(8)7-5(9)6-2/h2H,1H3,(H2,6,7,8,9)/t2-/m0/s1. The second-order valence-corrected chi connectivity index (χ2v) is 2.45. The second-order valence-electron chi connectivity index (χ2n) is 2.01. The van der Waals surface area contributed by atoms with Crippen LogP contribution in [-0.2, 0) is 4.79 Å². The predicted molar refractivity (Wildman–Crippen MR) is 38.7 cm³/mol. The number of carbonyl (C=O) groups is 2. The number of carbonyl (C=O) groups excluding carboxylic acids is 2. The van der Waals surface area contributed by atoms with Crippen molar-refractivity contribution in [3.05, 3.63) is 0 Å². The summed E-state index contributed by atoms with van der Waals surface area (Å²) in [4.78, 5) is 21.5. The molecule has 0 aliphatic carbocycles. The van der Waals surface area contributed by atoms with Crippen LogP contribution in [0.15, 0.2) is 0 Å². The number of urea groups is 1. The van der Waals surface area contributed by atoms with Crippen molar-refractivity contribution in [1.29, 1.82) is 0 Å². The lowest BCUT2D eigenvalue weighted by atomic mass is 10.2. The molecule has 0 radical (unpaired) electrons. The first-order valence-corrected chi connectivity index (χ1v) is 3.18. The molecule has 1 aliphatic heterocycles. The summed E-state index contributed by atoms with van der Waals surface area (Å²) in [6, 6.07) is -0.803. The highest BCUT2D eigenvalue weighted by molar-refractivity contribution is 7.82. The van der Waals surface area contributed by atoms with Crippen LogP contribution in [0.2, 0.25) is 0 Å². The molecule has 3 amide bonds. The van der Waals surface area contributed by atoms with Crippen molar-refractivity contribution in [3.63, 3.8) is 0 Å². The van der Waals surface area contributed by atoms with Crippen molar-refractivity contribution in [2.24, 2.45) is 0 Å². The Morgan fingerprint density at radius 2 is 2.10 bits per heavy atom. The third-order valence-corrected chi connectivity index (χ3v) is 1.73. The molecule has 0 aromatic rings. The fourth-order valence-electron chi connectivity index (χ4n) is 0.660. The van der Waals surface area contributed by atoms with Crippen LogP contribution in [0.1, 0.15) is 6.92 Å². The van der Waals surface area contributed by atoms with E-state index in [0.717, 1.165) is 0 Å². The Labute approximate surface area is 63.0 Å².